The largest absolute Gasteiger partial charge is 0.399 e. The van der Waals surface area contributed by atoms with E-state index in [0.29, 0.717) is 5.92 Å². The molecule has 1 atom stereocenters. The molecule has 2 N–H and O–H groups in total. The van der Waals surface area contributed by atoms with E-state index < -0.39 is 0 Å². The molecular formula is C11H13N. The number of nitrogens with two attached hydrogens (primary N) is 1. The molecule has 0 spiro atoms. The second-order valence-electron chi connectivity index (χ2n) is 3.28. The van der Waals surface area contributed by atoms with Crippen LogP contribution >= 0.6 is 0 Å². The number of rotatable bonds is 1. The average molecular weight is 159 g/mol. The summed E-state index contributed by atoms with van der Waals surface area (Å²) in [4.78, 5) is 0. The Morgan fingerprint density at radius 1 is 1.33 bits per heavy atom. The van der Waals surface area contributed by atoms with Gasteiger partial charge in [-0.25, -0.2) is 0 Å². The smallest absolute Gasteiger partial charge is 0.0316 e. The van der Waals surface area contributed by atoms with Gasteiger partial charge in [-0.3, -0.25) is 0 Å². The SMILES string of the molecule is Nc1cccc(C2C=CCC2)c1. The van der Waals surface area contributed by atoms with Gasteiger partial charge >= 0.3 is 0 Å². The van der Waals surface area contributed by atoms with Crippen molar-refractivity contribution in [2.45, 2.75) is 18.8 Å². The number of anilines is 1. The van der Waals surface area contributed by atoms with Gasteiger partial charge in [-0.2, -0.15) is 0 Å². The third kappa shape index (κ3) is 1.35. The molecule has 2 rings (SSSR count). The molecule has 1 aliphatic carbocycles. The van der Waals surface area contributed by atoms with E-state index in [0.717, 1.165) is 5.69 Å². The standard InChI is InChI=1S/C11H13N/c12-11-7-3-6-10(8-11)9-4-1-2-5-9/h1,3-4,6-9H,2,5,12H2. The number of benzene rings is 1. The monoisotopic (exact) mass is 159 g/mol. The molecule has 0 radical (unpaired) electrons. The van der Waals surface area contributed by atoms with Gasteiger partial charge in [0.05, 0.1) is 0 Å². The fraction of sp³-hybridized carbons (Fsp3) is 0.273. The molecule has 0 aromatic heterocycles. The topological polar surface area (TPSA) is 26.0 Å². The average Bonchev–Trinajstić information content (AvgIpc) is 2.56. The summed E-state index contributed by atoms with van der Waals surface area (Å²) < 4.78 is 0. The van der Waals surface area contributed by atoms with E-state index in [2.05, 4.69) is 24.3 Å². The predicted molar refractivity (Wildman–Crippen MR) is 52.0 cm³/mol. The molecule has 0 amide bonds. The van der Waals surface area contributed by atoms with E-state index in [4.69, 9.17) is 5.73 Å². The molecule has 1 aromatic carbocycles. The first kappa shape index (κ1) is 7.41. The Balaban J connectivity index is 2.27. The molecule has 1 heteroatoms. The third-order valence-corrected chi connectivity index (χ3v) is 2.35. The van der Waals surface area contributed by atoms with Gasteiger partial charge in [0.1, 0.15) is 0 Å². The second-order valence-corrected chi connectivity index (χ2v) is 3.28. The van der Waals surface area contributed by atoms with Crippen molar-refractivity contribution in [1.29, 1.82) is 0 Å². The van der Waals surface area contributed by atoms with Crippen molar-refractivity contribution in [2.24, 2.45) is 0 Å². The lowest BCUT2D eigenvalue weighted by atomic mass is 9.98. The van der Waals surface area contributed by atoms with Crippen LogP contribution < -0.4 is 5.73 Å². The first-order chi connectivity index (χ1) is 5.86. The lowest BCUT2D eigenvalue weighted by Crippen LogP contribution is -1.92. The Kier molecular flexibility index (Phi) is 1.86. The van der Waals surface area contributed by atoms with Crippen LogP contribution in [0.2, 0.25) is 0 Å². The molecule has 0 aliphatic heterocycles. The van der Waals surface area contributed by atoms with E-state index in [-0.39, 0.29) is 0 Å². The molecule has 0 saturated carbocycles. The van der Waals surface area contributed by atoms with Crippen LogP contribution in [0, 0.1) is 0 Å². The highest BCUT2D eigenvalue weighted by Gasteiger charge is 2.10. The van der Waals surface area contributed by atoms with Gasteiger partial charge < -0.3 is 5.73 Å². The fourth-order valence-corrected chi connectivity index (χ4v) is 1.70. The zero-order valence-corrected chi connectivity index (χ0v) is 7.03. The van der Waals surface area contributed by atoms with E-state index in [1.54, 1.807) is 0 Å². The number of allylic oxidation sites excluding steroid dienone is 2. The molecule has 62 valence electrons. The fourth-order valence-electron chi connectivity index (χ4n) is 1.70. The first-order valence-corrected chi connectivity index (χ1v) is 4.38. The van der Waals surface area contributed by atoms with Crippen molar-refractivity contribution in [1.82, 2.24) is 0 Å². The van der Waals surface area contributed by atoms with Crippen molar-refractivity contribution < 1.29 is 0 Å². The Bertz CT molecular complexity index is 302. The Morgan fingerprint density at radius 3 is 2.92 bits per heavy atom. The lowest BCUT2D eigenvalue weighted by molar-refractivity contribution is 0.801. The summed E-state index contributed by atoms with van der Waals surface area (Å²) in [6, 6.07) is 8.18. The molecule has 1 aromatic rings. The molecular weight excluding hydrogens is 146 g/mol. The third-order valence-electron chi connectivity index (χ3n) is 2.35. The zero-order chi connectivity index (χ0) is 8.39. The highest BCUT2D eigenvalue weighted by molar-refractivity contribution is 5.43. The van der Waals surface area contributed by atoms with Gasteiger partial charge in [0.2, 0.25) is 0 Å². The summed E-state index contributed by atoms with van der Waals surface area (Å²) in [5.41, 5.74) is 7.92. The van der Waals surface area contributed by atoms with Crippen molar-refractivity contribution in [3.05, 3.63) is 42.0 Å². The van der Waals surface area contributed by atoms with E-state index in [1.807, 2.05) is 12.1 Å². The van der Waals surface area contributed by atoms with Crippen molar-refractivity contribution >= 4 is 5.69 Å². The highest BCUT2D eigenvalue weighted by atomic mass is 14.5. The number of hydrogen-bond donors (Lipinski definition) is 1. The van der Waals surface area contributed by atoms with E-state index in [1.165, 1.54) is 18.4 Å². The first-order valence-electron chi connectivity index (χ1n) is 4.38. The van der Waals surface area contributed by atoms with E-state index >= 15 is 0 Å². The van der Waals surface area contributed by atoms with Crippen LogP contribution in [0.5, 0.6) is 0 Å². The quantitative estimate of drug-likeness (QED) is 0.495. The summed E-state index contributed by atoms with van der Waals surface area (Å²) in [6.45, 7) is 0. The summed E-state index contributed by atoms with van der Waals surface area (Å²) in [5.74, 6) is 0.605. The maximum absolute atomic E-state index is 5.70. The van der Waals surface area contributed by atoms with Gasteiger partial charge in [0, 0.05) is 11.6 Å². The van der Waals surface area contributed by atoms with Crippen LogP contribution in [0.25, 0.3) is 0 Å². The van der Waals surface area contributed by atoms with Gasteiger partial charge in [-0.15, -0.1) is 0 Å². The van der Waals surface area contributed by atoms with Crippen LogP contribution in [0.1, 0.15) is 24.3 Å². The Hall–Kier alpha value is -1.24. The lowest BCUT2D eigenvalue weighted by Gasteiger charge is -2.07. The molecule has 0 fully saturated rings. The molecule has 0 bridgehead atoms. The molecule has 0 saturated heterocycles. The maximum Gasteiger partial charge on any atom is 0.0316 e. The van der Waals surface area contributed by atoms with Gasteiger partial charge in [-0.05, 0) is 30.5 Å². The Morgan fingerprint density at radius 2 is 2.25 bits per heavy atom. The maximum atomic E-state index is 5.70. The van der Waals surface area contributed by atoms with Crippen molar-refractivity contribution in [3.63, 3.8) is 0 Å². The van der Waals surface area contributed by atoms with Gasteiger partial charge in [0.25, 0.3) is 0 Å². The normalized spacial score (nSPS) is 21.5. The van der Waals surface area contributed by atoms with Crippen LogP contribution in [0.15, 0.2) is 36.4 Å². The highest BCUT2D eigenvalue weighted by Crippen LogP contribution is 2.28. The van der Waals surface area contributed by atoms with Crippen LogP contribution in [-0.4, -0.2) is 0 Å². The predicted octanol–water partition coefficient (Wildman–Crippen LogP) is 2.70. The van der Waals surface area contributed by atoms with Crippen molar-refractivity contribution in [2.75, 3.05) is 5.73 Å². The number of nitrogen functional groups attached to an aromatic ring is 1. The number of hydrogen-bond acceptors (Lipinski definition) is 1. The Labute approximate surface area is 72.9 Å². The summed E-state index contributed by atoms with van der Waals surface area (Å²) in [6.07, 6.45) is 6.96. The summed E-state index contributed by atoms with van der Waals surface area (Å²) in [7, 11) is 0. The zero-order valence-electron chi connectivity index (χ0n) is 7.03. The van der Waals surface area contributed by atoms with Gasteiger partial charge in [-0.1, -0.05) is 24.3 Å². The summed E-state index contributed by atoms with van der Waals surface area (Å²) >= 11 is 0. The van der Waals surface area contributed by atoms with Crippen LogP contribution in [0.3, 0.4) is 0 Å². The summed E-state index contributed by atoms with van der Waals surface area (Å²) in [5, 5.41) is 0. The van der Waals surface area contributed by atoms with Crippen molar-refractivity contribution in [3.8, 4) is 0 Å². The minimum atomic E-state index is 0.605. The van der Waals surface area contributed by atoms with Crippen LogP contribution in [0.4, 0.5) is 5.69 Å². The molecule has 12 heavy (non-hydrogen) atoms. The minimum Gasteiger partial charge on any atom is -0.399 e. The van der Waals surface area contributed by atoms with Crippen LogP contribution in [-0.2, 0) is 0 Å². The van der Waals surface area contributed by atoms with E-state index in [9.17, 15) is 0 Å². The molecule has 1 unspecified atom stereocenters. The molecule has 1 aliphatic rings. The molecule has 0 heterocycles. The van der Waals surface area contributed by atoms with Gasteiger partial charge in [0.15, 0.2) is 0 Å². The molecule has 1 nitrogen and oxygen atoms in total. The second kappa shape index (κ2) is 3.02. The minimum absolute atomic E-state index is 0.605.